The molecule has 0 aromatic heterocycles. The quantitative estimate of drug-likeness (QED) is 0.545. The number of methoxy groups -OCH3 is 2. The number of ether oxygens (including phenoxy) is 2. The molecule has 1 aliphatic heterocycles. The van der Waals surface area contributed by atoms with Gasteiger partial charge in [-0.25, -0.2) is 0 Å². The number of hydrogen-bond acceptors (Lipinski definition) is 4. The Balaban J connectivity index is 1.76. The molecule has 5 heteroatoms. The first-order valence-electron chi connectivity index (χ1n) is 10.2. The van der Waals surface area contributed by atoms with Crippen LogP contribution in [0.3, 0.4) is 0 Å². The molecule has 0 amide bonds. The number of halogens is 1. The van der Waals surface area contributed by atoms with Crippen molar-refractivity contribution >= 4 is 15.9 Å². The summed E-state index contributed by atoms with van der Waals surface area (Å²) in [5.74, 6) is 1.48. The van der Waals surface area contributed by atoms with Gasteiger partial charge in [0.1, 0.15) is 0 Å². The number of benzene rings is 3. The van der Waals surface area contributed by atoms with Crippen molar-refractivity contribution in [3.63, 3.8) is 0 Å². The number of piperazine rings is 1. The van der Waals surface area contributed by atoms with Gasteiger partial charge in [-0.3, -0.25) is 4.90 Å². The molecule has 1 N–H and O–H groups in total. The van der Waals surface area contributed by atoms with Crippen molar-refractivity contribution in [2.75, 3.05) is 40.4 Å². The van der Waals surface area contributed by atoms with Crippen LogP contribution in [0.2, 0.25) is 0 Å². The SMILES string of the molecule is COc1cc(Br)c(C(c2ccc(-c3ccccc3)cc2)N2CCNCC2)cc1OC. The van der Waals surface area contributed by atoms with E-state index in [1.807, 2.05) is 12.1 Å². The molecule has 0 aliphatic carbocycles. The van der Waals surface area contributed by atoms with Gasteiger partial charge in [0.25, 0.3) is 0 Å². The van der Waals surface area contributed by atoms with Crippen LogP contribution in [-0.4, -0.2) is 45.3 Å². The summed E-state index contributed by atoms with van der Waals surface area (Å²) >= 11 is 3.79. The molecule has 1 aliphatic rings. The van der Waals surface area contributed by atoms with E-state index in [1.165, 1.54) is 22.3 Å². The maximum atomic E-state index is 5.61. The molecule has 1 fully saturated rings. The molecule has 0 radical (unpaired) electrons. The zero-order valence-electron chi connectivity index (χ0n) is 17.4. The van der Waals surface area contributed by atoms with Crippen molar-refractivity contribution in [1.29, 1.82) is 0 Å². The minimum Gasteiger partial charge on any atom is -0.493 e. The Morgan fingerprint density at radius 1 is 0.833 bits per heavy atom. The van der Waals surface area contributed by atoms with Crippen LogP contribution in [0.5, 0.6) is 11.5 Å². The lowest BCUT2D eigenvalue weighted by atomic mass is 9.94. The van der Waals surface area contributed by atoms with Crippen LogP contribution in [0, 0.1) is 0 Å². The lowest BCUT2D eigenvalue weighted by molar-refractivity contribution is 0.197. The number of rotatable bonds is 6. The molecule has 3 aromatic carbocycles. The zero-order valence-corrected chi connectivity index (χ0v) is 19.0. The van der Waals surface area contributed by atoms with Crippen molar-refractivity contribution in [2.24, 2.45) is 0 Å². The van der Waals surface area contributed by atoms with Crippen LogP contribution in [-0.2, 0) is 0 Å². The third-order valence-electron chi connectivity index (χ3n) is 5.65. The van der Waals surface area contributed by atoms with E-state index in [0.29, 0.717) is 0 Å². The highest BCUT2D eigenvalue weighted by atomic mass is 79.9. The van der Waals surface area contributed by atoms with Gasteiger partial charge in [-0.15, -0.1) is 0 Å². The highest BCUT2D eigenvalue weighted by Crippen LogP contribution is 2.40. The first-order valence-corrected chi connectivity index (χ1v) is 11.0. The van der Waals surface area contributed by atoms with Crippen molar-refractivity contribution < 1.29 is 9.47 Å². The first-order chi connectivity index (χ1) is 14.7. The fourth-order valence-electron chi connectivity index (χ4n) is 4.10. The van der Waals surface area contributed by atoms with Crippen LogP contribution in [0.25, 0.3) is 11.1 Å². The monoisotopic (exact) mass is 466 g/mol. The summed E-state index contributed by atoms with van der Waals surface area (Å²) in [6, 6.07) is 23.7. The summed E-state index contributed by atoms with van der Waals surface area (Å²) in [7, 11) is 3.35. The van der Waals surface area contributed by atoms with Crippen LogP contribution in [0.4, 0.5) is 0 Å². The number of nitrogens with zero attached hydrogens (tertiary/aromatic N) is 1. The summed E-state index contributed by atoms with van der Waals surface area (Å²) in [6.07, 6.45) is 0. The van der Waals surface area contributed by atoms with Gasteiger partial charge in [-0.1, -0.05) is 70.5 Å². The fraction of sp³-hybridized carbons (Fsp3) is 0.280. The molecule has 4 nitrogen and oxygen atoms in total. The topological polar surface area (TPSA) is 33.7 Å². The molecule has 1 heterocycles. The van der Waals surface area contributed by atoms with Gasteiger partial charge in [0.05, 0.1) is 20.3 Å². The second-order valence-corrected chi connectivity index (χ2v) is 8.26. The Bertz CT molecular complexity index is 970. The first kappa shape index (κ1) is 20.9. The predicted octanol–water partition coefficient (Wildman–Crippen LogP) is 5.13. The number of nitrogens with one attached hydrogen (secondary N) is 1. The van der Waals surface area contributed by atoms with Crippen LogP contribution >= 0.6 is 15.9 Å². The van der Waals surface area contributed by atoms with E-state index in [9.17, 15) is 0 Å². The summed E-state index contributed by atoms with van der Waals surface area (Å²) in [5.41, 5.74) is 4.91. The lowest BCUT2D eigenvalue weighted by Crippen LogP contribution is -2.45. The van der Waals surface area contributed by atoms with E-state index >= 15 is 0 Å². The minimum atomic E-state index is 0.131. The fourth-order valence-corrected chi connectivity index (χ4v) is 4.63. The maximum Gasteiger partial charge on any atom is 0.161 e. The Morgan fingerprint density at radius 3 is 2.07 bits per heavy atom. The van der Waals surface area contributed by atoms with Gasteiger partial charge in [0.15, 0.2) is 11.5 Å². The van der Waals surface area contributed by atoms with Crippen molar-refractivity contribution in [1.82, 2.24) is 10.2 Å². The highest BCUT2D eigenvalue weighted by molar-refractivity contribution is 9.10. The third kappa shape index (κ3) is 4.38. The molecule has 156 valence electrons. The maximum absolute atomic E-state index is 5.61. The summed E-state index contributed by atoms with van der Waals surface area (Å²) in [5, 5.41) is 3.46. The average molecular weight is 467 g/mol. The Hall–Kier alpha value is -2.34. The molecule has 0 bridgehead atoms. The molecule has 1 unspecified atom stereocenters. The van der Waals surface area contributed by atoms with Crippen molar-refractivity contribution in [3.05, 3.63) is 82.3 Å². The van der Waals surface area contributed by atoms with Gasteiger partial charge < -0.3 is 14.8 Å². The van der Waals surface area contributed by atoms with Gasteiger partial charge in [0.2, 0.25) is 0 Å². The van der Waals surface area contributed by atoms with Crippen LogP contribution < -0.4 is 14.8 Å². The van der Waals surface area contributed by atoms with E-state index in [4.69, 9.17) is 9.47 Å². The minimum absolute atomic E-state index is 0.131. The molecule has 30 heavy (non-hydrogen) atoms. The van der Waals surface area contributed by atoms with Gasteiger partial charge >= 0.3 is 0 Å². The third-order valence-corrected chi connectivity index (χ3v) is 6.33. The standard InChI is InChI=1S/C25H27BrN2O2/c1-29-23-16-21(22(26)17-24(23)30-2)25(28-14-12-27-13-15-28)20-10-8-19(9-11-20)18-6-4-3-5-7-18/h3-11,16-17,25,27H,12-15H2,1-2H3. The van der Waals surface area contributed by atoms with E-state index in [-0.39, 0.29) is 6.04 Å². The Labute approximate surface area is 186 Å². The van der Waals surface area contributed by atoms with Gasteiger partial charge in [0, 0.05) is 30.7 Å². The largest absolute Gasteiger partial charge is 0.493 e. The van der Waals surface area contributed by atoms with E-state index < -0.39 is 0 Å². The smallest absolute Gasteiger partial charge is 0.161 e. The predicted molar refractivity (Wildman–Crippen MR) is 125 cm³/mol. The molecule has 0 saturated carbocycles. The van der Waals surface area contributed by atoms with Gasteiger partial charge in [-0.2, -0.15) is 0 Å². The van der Waals surface area contributed by atoms with E-state index in [0.717, 1.165) is 42.2 Å². The van der Waals surface area contributed by atoms with E-state index in [1.54, 1.807) is 14.2 Å². The second-order valence-electron chi connectivity index (χ2n) is 7.41. The van der Waals surface area contributed by atoms with Crippen molar-refractivity contribution in [2.45, 2.75) is 6.04 Å². The summed E-state index contributed by atoms with van der Waals surface area (Å²) in [4.78, 5) is 2.53. The van der Waals surface area contributed by atoms with Gasteiger partial charge in [-0.05, 0) is 34.4 Å². The van der Waals surface area contributed by atoms with E-state index in [2.05, 4.69) is 80.7 Å². The molecule has 0 spiro atoms. The van der Waals surface area contributed by atoms with Crippen LogP contribution in [0.15, 0.2) is 71.2 Å². The normalized spacial score (nSPS) is 15.6. The Kier molecular flexibility index (Phi) is 6.72. The molecular weight excluding hydrogens is 440 g/mol. The molecule has 1 saturated heterocycles. The molecule has 4 rings (SSSR count). The molecular formula is C25H27BrN2O2. The average Bonchev–Trinajstić information content (AvgIpc) is 2.81. The second kappa shape index (κ2) is 9.65. The van der Waals surface area contributed by atoms with Crippen molar-refractivity contribution in [3.8, 4) is 22.6 Å². The van der Waals surface area contributed by atoms with Crippen LogP contribution in [0.1, 0.15) is 17.2 Å². The number of hydrogen-bond donors (Lipinski definition) is 1. The highest BCUT2D eigenvalue weighted by Gasteiger charge is 2.27. The summed E-state index contributed by atoms with van der Waals surface area (Å²) in [6.45, 7) is 3.96. The molecule has 3 aromatic rings. The summed E-state index contributed by atoms with van der Waals surface area (Å²) < 4.78 is 12.1. The zero-order chi connectivity index (χ0) is 20.9. The molecule has 1 atom stereocenters. The Morgan fingerprint density at radius 2 is 1.43 bits per heavy atom. The lowest BCUT2D eigenvalue weighted by Gasteiger charge is -2.36.